The molecular formula is C50H66O11P2. The maximum absolute atomic E-state index is 7.09. The molecular weight excluding hydrogens is 838 g/mol. The molecule has 0 spiro atoms. The molecule has 0 unspecified atom stereocenters. The van der Waals surface area contributed by atoms with E-state index in [0.717, 1.165) is 43.8 Å². The molecule has 0 bridgehead atoms. The average molecular weight is 905 g/mol. The zero-order valence-corrected chi connectivity index (χ0v) is 42.1. The molecule has 2 aromatic heterocycles. The van der Waals surface area contributed by atoms with Crippen LogP contribution in [-0.4, -0.2) is 52.9 Å². The minimum absolute atomic E-state index is 0.338. The van der Waals surface area contributed by atoms with Crippen molar-refractivity contribution in [3.63, 3.8) is 0 Å². The third-order valence-electron chi connectivity index (χ3n) is 11.8. The summed E-state index contributed by atoms with van der Waals surface area (Å²) in [5.41, 5.74) is 5.04. The van der Waals surface area contributed by atoms with Gasteiger partial charge in [0.1, 0.15) is 57.5 Å². The zero-order chi connectivity index (χ0) is 46.1. The van der Waals surface area contributed by atoms with Crippen molar-refractivity contribution in [3.8, 4) is 23.0 Å². The molecule has 0 amide bonds. The largest absolute Gasteiger partial charge is 0.497 e. The van der Waals surface area contributed by atoms with Crippen LogP contribution < -0.4 is 28.0 Å². The van der Waals surface area contributed by atoms with Crippen LogP contribution in [0.4, 0.5) is 0 Å². The van der Waals surface area contributed by atoms with Gasteiger partial charge in [0.25, 0.3) is 0 Å². The SMILES string of the molecule is COc1cc(C(C)(C)C)c2op(O[C@H]3[C@H](Op4oc5c(C(C)(C)C)cc(OC)cc5c5cc(OC)cc(C(C)(C)C)c5o4)[C@@H](C)O[C@@H]3C)oc3c(C(C)(C)C)cc(OC)cc3c2c1. The maximum atomic E-state index is 7.09. The van der Waals surface area contributed by atoms with Crippen LogP contribution >= 0.6 is 16.5 Å². The van der Waals surface area contributed by atoms with Gasteiger partial charge in [-0.15, -0.1) is 0 Å². The summed E-state index contributed by atoms with van der Waals surface area (Å²) < 4.78 is 72.3. The van der Waals surface area contributed by atoms with Gasteiger partial charge in [-0.25, -0.2) is 0 Å². The fraction of sp³-hybridized carbons (Fsp3) is 0.520. The summed E-state index contributed by atoms with van der Waals surface area (Å²) in [6, 6.07) is 16.1. The summed E-state index contributed by atoms with van der Waals surface area (Å²) in [4.78, 5) is 0. The monoisotopic (exact) mass is 904 g/mol. The van der Waals surface area contributed by atoms with Crippen molar-refractivity contribution in [3.05, 3.63) is 70.8 Å². The first kappa shape index (κ1) is 46.7. The van der Waals surface area contributed by atoms with Crippen molar-refractivity contribution in [2.75, 3.05) is 28.4 Å². The van der Waals surface area contributed by atoms with Crippen LogP contribution in [0.1, 0.15) is 119 Å². The van der Waals surface area contributed by atoms with Crippen molar-refractivity contribution in [1.29, 1.82) is 0 Å². The lowest BCUT2D eigenvalue weighted by molar-refractivity contribution is 0.0386. The lowest BCUT2D eigenvalue weighted by Gasteiger charge is -2.22. The molecule has 7 rings (SSSR count). The molecule has 11 nitrogen and oxygen atoms in total. The van der Waals surface area contributed by atoms with E-state index in [1.54, 1.807) is 28.4 Å². The predicted octanol–water partition coefficient (Wildman–Crippen LogP) is 14.2. The normalized spacial score (nSPS) is 18.7. The summed E-state index contributed by atoms with van der Waals surface area (Å²) in [5, 5.41) is 3.29. The van der Waals surface area contributed by atoms with E-state index in [1.807, 2.05) is 62.4 Å². The second-order valence-electron chi connectivity index (χ2n) is 20.7. The Morgan fingerprint density at radius 3 is 0.794 bits per heavy atom. The third kappa shape index (κ3) is 9.19. The fourth-order valence-electron chi connectivity index (χ4n) is 8.24. The van der Waals surface area contributed by atoms with Gasteiger partial charge in [0.05, 0.1) is 40.6 Å². The van der Waals surface area contributed by atoms with E-state index in [1.165, 1.54) is 0 Å². The number of hydrogen-bond acceptors (Lipinski definition) is 11. The molecule has 4 aromatic carbocycles. The van der Waals surface area contributed by atoms with Crippen LogP contribution in [0, 0.1) is 0 Å². The lowest BCUT2D eigenvalue weighted by Crippen LogP contribution is -2.39. The zero-order valence-electron chi connectivity index (χ0n) is 40.3. The van der Waals surface area contributed by atoms with Crippen molar-refractivity contribution in [2.24, 2.45) is 0 Å². The second-order valence-corrected chi connectivity index (χ2v) is 22.8. The Morgan fingerprint density at radius 2 is 0.603 bits per heavy atom. The molecule has 13 heteroatoms. The number of ether oxygens (including phenoxy) is 5. The van der Waals surface area contributed by atoms with Crippen LogP contribution in [-0.2, 0) is 26.4 Å². The second kappa shape index (κ2) is 17.0. The van der Waals surface area contributed by atoms with E-state index in [2.05, 4.69) is 83.1 Å². The highest BCUT2D eigenvalue weighted by Crippen LogP contribution is 2.48. The smallest absolute Gasteiger partial charge is 0.387 e. The molecule has 0 saturated carbocycles. The first-order chi connectivity index (χ1) is 29.4. The van der Waals surface area contributed by atoms with Crippen molar-refractivity contribution >= 4 is 60.4 Å². The van der Waals surface area contributed by atoms with E-state index >= 15 is 0 Å². The van der Waals surface area contributed by atoms with Gasteiger partial charge in [0.2, 0.25) is 0 Å². The molecule has 0 aliphatic carbocycles. The van der Waals surface area contributed by atoms with Gasteiger partial charge in [-0.2, -0.15) is 0 Å². The van der Waals surface area contributed by atoms with Crippen LogP contribution in [0.15, 0.2) is 65.3 Å². The lowest BCUT2D eigenvalue weighted by atomic mass is 9.84. The summed E-state index contributed by atoms with van der Waals surface area (Å²) in [6.07, 6.45) is -2.14. The Labute approximate surface area is 373 Å². The Bertz CT molecular complexity index is 2400. The first-order valence-corrected chi connectivity index (χ1v) is 23.8. The Hall–Kier alpha value is -4.24. The van der Waals surface area contributed by atoms with E-state index < -0.39 is 40.9 Å². The van der Waals surface area contributed by atoms with Crippen LogP contribution in [0.3, 0.4) is 0 Å². The fourth-order valence-corrected chi connectivity index (χ4v) is 10.9. The number of methoxy groups -OCH3 is 4. The molecule has 1 fully saturated rings. The van der Waals surface area contributed by atoms with Gasteiger partial charge in [0, 0.05) is 43.8 Å². The van der Waals surface area contributed by atoms with Crippen molar-refractivity contribution in [1.82, 2.24) is 0 Å². The Kier molecular flexibility index (Phi) is 12.6. The standard InChI is InChI=1S/C50H66O11P2/c1-27-41(56-62-58-43-33(19-29(51-15)23-37(43)47(3,4)5)34-20-30(52-16)24-38(44(34)59-62)48(6,7)8)42(28(2)55-27)57-63-60-45-35(21-31(53-17)25-39(45)49(9,10)11)36-22-32(54-18)26-40(46(36)61-63)50(12,13)14/h19-28,41-42H,1-18H3/t27-,28-,41-,42-/m1/s1. The molecule has 1 aliphatic heterocycles. The number of benzene rings is 4. The van der Waals surface area contributed by atoms with Crippen LogP contribution in [0.25, 0.3) is 43.9 Å². The summed E-state index contributed by atoms with van der Waals surface area (Å²) in [5.74, 6) is 2.82. The first-order valence-electron chi connectivity index (χ1n) is 21.6. The average Bonchev–Trinajstić information content (AvgIpc) is 3.30. The molecule has 63 heavy (non-hydrogen) atoms. The Balaban J connectivity index is 1.49. The molecule has 0 radical (unpaired) electrons. The van der Waals surface area contributed by atoms with E-state index in [9.17, 15) is 0 Å². The third-order valence-corrected chi connectivity index (χ3v) is 13.9. The summed E-state index contributed by atoms with van der Waals surface area (Å²) >= 11 is 0. The summed E-state index contributed by atoms with van der Waals surface area (Å²) in [7, 11) is 2.47. The van der Waals surface area contributed by atoms with Gasteiger partial charge in [-0.1, -0.05) is 83.1 Å². The topological polar surface area (TPSA) is 117 Å². The van der Waals surface area contributed by atoms with Gasteiger partial charge in [-0.05, 0) is 84.0 Å². The number of fused-ring (bicyclic) bond motifs is 6. The van der Waals surface area contributed by atoms with Crippen LogP contribution in [0.5, 0.6) is 23.0 Å². The number of rotatable bonds is 8. The van der Waals surface area contributed by atoms with E-state index in [4.69, 9.17) is 49.5 Å². The van der Waals surface area contributed by atoms with Gasteiger partial charge >= 0.3 is 16.5 Å². The van der Waals surface area contributed by atoms with Crippen LogP contribution in [0.2, 0.25) is 0 Å². The Morgan fingerprint density at radius 1 is 0.381 bits per heavy atom. The maximum Gasteiger partial charge on any atom is 0.387 e. The van der Waals surface area contributed by atoms with Crippen molar-refractivity contribution in [2.45, 2.75) is 143 Å². The molecule has 3 heterocycles. The summed E-state index contributed by atoms with van der Waals surface area (Å²) in [6.45, 7) is 29.8. The quantitative estimate of drug-likeness (QED) is 0.145. The van der Waals surface area contributed by atoms with E-state index in [-0.39, 0.29) is 21.7 Å². The minimum Gasteiger partial charge on any atom is -0.497 e. The minimum atomic E-state index is -2.12. The van der Waals surface area contributed by atoms with Gasteiger partial charge in [-0.3, -0.25) is 9.05 Å². The molecule has 1 saturated heterocycles. The van der Waals surface area contributed by atoms with E-state index in [0.29, 0.717) is 45.3 Å². The molecule has 1 aliphatic rings. The predicted molar refractivity (Wildman–Crippen MR) is 254 cm³/mol. The highest BCUT2D eigenvalue weighted by Gasteiger charge is 2.45. The highest BCUT2D eigenvalue weighted by molar-refractivity contribution is 7.32. The molecule has 4 atom stereocenters. The van der Waals surface area contributed by atoms with Crippen molar-refractivity contribution < 1.29 is 49.5 Å². The molecule has 0 N–H and O–H groups in total. The number of hydrogen-bond donors (Lipinski definition) is 0. The van der Waals surface area contributed by atoms with Gasteiger partial charge in [0.15, 0.2) is 0 Å². The highest BCUT2D eigenvalue weighted by atomic mass is 31.1. The van der Waals surface area contributed by atoms with Gasteiger partial charge < -0.3 is 40.5 Å². The molecule has 6 aromatic rings. The molecule has 342 valence electrons.